The van der Waals surface area contributed by atoms with E-state index in [9.17, 15) is 18.0 Å². The highest BCUT2D eigenvalue weighted by Crippen LogP contribution is 2.31. The molecule has 0 fully saturated rings. The van der Waals surface area contributed by atoms with E-state index >= 15 is 0 Å². The highest BCUT2D eigenvalue weighted by Gasteiger charge is 2.31. The Labute approximate surface area is 156 Å². The van der Waals surface area contributed by atoms with Gasteiger partial charge in [-0.25, -0.2) is 15.1 Å². The number of rotatable bonds is 7. The molecule has 0 spiro atoms. The summed E-state index contributed by atoms with van der Waals surface area (Å²) in [5, 5.41) is 17.5. The average Bonchev–Trinajstić information content (AvgIpc) is 3.06. The number of anilines is 2. The molecule has 27 heavy (non-hydrogen) atoms. The van der Waals surface area contributed by atoms with Gasteiger partial charge in [-0.15, -0.1) is 0 Å². The zero-order valence-electron chi connectivity index (χ0n) is 14.0. The van der Waals surface area contributed by atoms with Crippen LogP contribution in [-0.4, -0.2) is 24.4 Å². The maximum atomic E-state index is 12.8. The normalized spacial score (nSPS) is 12.2. The number of nitrogens with one attached hydrogen (secondary N) is 2. The Hall–Kier alpha value is -3.14. The number of hydrogen-bond acceptors (Lipinski definition) is 5. The predicted octanol–water partition coefficient (Wildman–Crippen LogP) is 3.98. The quantitative estimate of drug-likeness (QED) is 0.320. The van der Waals surface area contributed by atoms with Crippen LogP contribution < -0.4 is 10.3 Å². The van der Waals surface area contributed by atoms with E-state index in [1.807, 2.05) is 0 Å². The van der Waals surface area contributed by atoms with E-state index in [0.717, 1.165) is 12.1 Å². The molecule has 0 saturated heterocycles. The minimum atomic E-state index is -4.44. The van der Waals surface area contributed by atoms with E-state index in [2.05, 4.69) is 26.9 Å². The lowest BCUT2D eigenvalue weighted by molar-refractivity contribution is -0.357. The molecule has 0 aliphatic rings. The molecule has 1 aromatic carbocycles. The lowest BCUT2D eigenvalue weighted by atomic mass is 10.1. The second-order valence-electron chi connectivity index (χ2n) is 5.15. The number of oxime groups is 1. The third kappa shape index (κ3) is 5.68. The summed E-state index contributed by atoms with van der Waals surface area (Å²) >= 11 is 1.19. The third-order valence-electron chi connectivity index (χ3n) is 3.20. The number of carboxylic acid groups (broad SMARTS) is 1. The van der Waals surface area contributed by atoms with Gasteiger partial charge in [0.2, 0.25) is 0 Å². The number of benzene rings is 1. The van der Waals surface area contributed by atoms with Crippen molar-refractivity contribution >= 4 is 39.9 Å². The van der Waals surface area contributed by atoms with Gasteiger partial charge in [0, 0.05) is 11.0 Å². The Kier molecular flexibility index (Phi) is 6.35. The molecule has 0 radical (unpaired) electrons. The van der Waals surface area contributed by atoms with Crippen molar-refractivity contribution in [3.63, 3.8) is 0 Å². The van der Waals surface area contributed by atoms with Gasteiger partial charge in [-0.2, -0.15) is 13.2 Å². The summed E-state index contributed by atoms with van der Waals surface area (Å²) in [6.45, 7) is 3.42. The number of alkyl halides is 3. The summed E-state index contributed by atoms with van der Waals surface area (Å²) < 4.78 is 38.4. The van der Waals surface area contributed by atoms with Crippen molar-refractivity contribution in [1.82, 2.24) is 0 Å². The molecule has 0 amide bonds. The van der Waals surface area contributed by atoms with Crippen LogP contribution >= 0.6 is 11.3 Å². The van der Waals surface area contributed by atoms with Crippen molar-refractivity contribution in [3.8, 4) is 0 Å². The van der Waals surface area contributed by atoms with Crippen LogP contribution in [0, 0.1) is 0 Å². The molecule has 6 nitrogen and oxygen atoms in total. The Bertz CT molecular complexity index is 904. The molecule has 0 saturated carbocycles. The number of aromatic amines is 1. The Morgan fingerprint density at radius 1 is 1.44 bits per heavy atom. The maximum Gasteiger partial charge on any atom is 0.416 e. The smallest absolute Gasteiger partial charge is 0.416 e. The number of hydrogen-bond donors (Lipinski definition) is 2. The number of carbonyl (C=O) groups is 1. The molecule has 0 atom stereocenters. The monoisotopic (exact) mass is 398 g/mol. The van der Waals surface area contributed by atoms with Crippen LogP contribution in [0.15, 0.2) is 53.0 Å². The fourth-order valence-corrected chi connectivity index (χ4v) is 2.72. The molecule has 0 unspecified atom stereocenters. The molecule has 3 N–H and O–H groups in total. The lowest BCUT2D eigenvalue weighted by Gasteiger charge is -2.06. The van der Waals surface area contributed by atoms with Gasteiger partial charge in [0.25, 0.3) is 0 Å². The van der Waals surface area contributed by atoms with E-state index in [1.165, 1.54) is 42.9 Å². The van der Waals surface area contributed by atoms with Crippen molar-refractivity contribution in [2.24, 2.45) is 5.16 Å². The molecule has 2 aromatic rings. The largest absolute Gasteiger partial charge is 0.478 e. The summed E-state index contributed by atoms with van der Waals surface area (Å²) in [5.41, 5.74) is 0.171. The number of halogens is 3. The van der Waals surface area contributed by atoms with Crippen molar-refractivity contribution in [2.75, 3.05) is 12.4 Å². The van der Waals surface area contributed by atoms with Crippen LogP contribution in [0.5, 0.6) is 0 Å². The molecule has 1 aromatic heterocycles. The van der Waals surface area contributed by atoms with Gasteiger partial charge in [-0.05, 0) is 24.3 Å². The van der Waals surface area contributed by atoms with E-state index in [4.69, 9.17) is 5.11 Å². The molecule has 0 aliphatic carbocycles. The minimum Gasteiger partial charge on any atom is -0.478 e. The SMILES string of the molecule is C=C(/C=C(\C=N\OC)c1csc(Nc2cccc(C(F)(F)F)c2)[nH+]1)C(=O)O. The molecular weight excluding hydrogens is 383 g/mol. The molecule has 10 heteroatoms. The number of aromatic nitrogens is 1. The summed E-state index contributed by atoms with van der Waals surface area (Å²) in [7, 11) is 1.33. The number of nitrogens with zero attached hydrogens (tertiary/aromatic N) is 1. The number of carboxylic acids is 1. The van der Waals surface area contributed by atoms with Gasteiger partial charge in [0.15, 0.2) is 0 Å². The number of aliphatic carboxylic acids is 1. The van der Waals surface area contributed by atoms with Crippen molar-refractivity contribution in [2.45, 2.75) is 6.18 Å². The van der Waals surface area contributed by atoms with Gasteiger partial charge < -0.3 is 9.94 Å². The topological polar surface area (TPSA) is 85.1 Å². The Morgan fingerprint density at radius 2 is 2.19 bits per heavy atom. The number of H-pyrrole nitrogens is 1. The summed E-state index contributed by atoms with van der Waals surface area (Å²) in [5.74, 6) is -1.20. The van der Waals surface area contributed by atoms with E-state index in [0.29, 0.717) is 16.4 Å². The average molecular weight is 398 g/mol. The van der Waals surface area contributed by atoms with Crippen LogP contribution in [0.1, 0.15) is 11.3 Å². The Morgan fingerprint density at radius 3 is 2.81 bits per heavy atom. The number of allylic oxidation sites excluding steroid dienone is 1. The van der Waals surface area contributed by atoms with Gasteiger partial charge in [0.1, 0.15) is 18.5 Å². The standard InChI is InChI=1S/C17H14F3N3O3S/c1-10(15(24)25)6-11(8-21-26-2)14-9-27-16(23-14)22-13-5-3-4-12(7-13)17(18,19)20/h3-9H,1H2,2H3,(H,22,23)(H,24,25)/p+1/b11-6+,21-8+. The Balaban J connectivity index is 2.27. The highest BCUT2D eigenvalue weighted by atomic mass is 32.1. The second-order valence-corrected chi connectivity index (χ2v) is 6.03. The molecular formula is C17H15F3N3O3S+. The first kappa shape index (κ1) is 20.2. The van der Waals surface area contributed by atoms with Crippen LogP contribution in [0.3, 0.4) is 0 Å². The zero-order valence-corrected chi connectivity index (χ0v) is 14.8. The van der Waals surface area contributed by atoms with Gasteiger partial charge in [0.05, 0.1) is 17.4 Å². The molecule has 0 aliphatic heterocycles. The number of thiazole rings is 1. The fourth-order valence-electron chi connectivity index (χ4n) is 1.95. The van der Waals surface area contributed by atoms with Gasteiger partial charge in [-0.1, -0.05) is 29.1 Å². The van der Waals surface area contributed by atoms with E-state index in [-0.39, 0.29) is 11.3 Å². The van der Waals surface area contributed by atoms with Crippen LogP contribution in [-0.2, 0) is 15.8 Å². The van der Waals surface area contributed by atoms with Crippen LogP contribution in [0.2, 0.25) is 0 Å². The van der Waals surface area contributed by atoms with Crippen molar-refractivity contribution in [3.05, 3.63) is 59.1 Å². The summed E-state index contributed by atoms with van der Waals surface area (Å²) in [6, 6.07) is 4.77. The second kappa shape index (κ2) is 8.49. The van der Waals surface area contributed by atoms with Gasteiger partial charge in [-0.3, -0.25) is 0 Å². The van der Waals surface area contributed by atoms with Crippen LogP contribution in [0.25, 0.3) is 5.57 Å². The third-order valence-corrected chi connectivity index (χ3v) is 4.00. The minimum absolute atomic E-state index is 0.167. The first-order valence-electron chi connectivity index (χ1n) is 7.36. The first-order chi connectivity index (χ1) is 12.7. The molecule has 142 valence electrons. The maximum absolute atomic E-state index is 12.8. The van der Waals surface area contributed by atoms with Crippen LogP contribution in [0.4, 0.5) is 24.0 Å². The van der Waals surface area contributed by atoms with Crippen molar-refractivity contribution < 1.29 is 32.9 Å². The van der Waals surface area contributed by atoms with E-state index < -0.39 is 17.7 Å². The van der Waals surface area contributed by atoms with Crippen molar-refractivity contribution in [1.29, 1.82) is 0 Å². The molecule has 0 bridgehead atoms. The predicted molar refractivity (Wildman–Crippen MR) is 95.9 cm³/mol. The first-order valence-corrected chi connectivity index (χ1v) is 8.24. The summed E-state index contributed by atoms with van der Waals surface area (Å²) in [6.07, 6.45) is -1.86. The van der Waals surface area contributed by atoms with E-state index in [1.54, 1.807) is 5.38 Å². The van der Waals surface area contributed by atoms with Gasteiger partial charge >= 0.3 is 17.3 Å². The molecule has 1 heterocycles. The fraction of sp³-hybridized carbons (Fsp3) is 0.118. The summed E-state index contributed by atoms with van der Waals surface area (Å²) in [4.78, 5) is 18.5. The lowest BCUT2D eigenvalue weighted by Crippen LogP contribution is -2.11. The molecule has 2 rings (SSSR count). The highest BCUT2D eigenvalue weighted by molar-refractivity contribution is 7.13. The zero-order chi connectivity index (χ0) is 20.0.